The Bertz CT molecular complexity index is 950. The zero-order valence-corrected chi connectivity index (χ0v) is 16.5. The van der Waals surface area contributed by atoms with Crippen LogP contribution in [-0.2, 0) is 22.9 Å². The maximum atomic E-state index is 14.1. The summed E-state index contributed by atoms with van der Waals surface area (Å²) in [7, 11) is -2.00. The topological polar surface area (TPSA) is 55.6 Å². The molecule has 2 N–H and O–H groups in total. The molecule has 152 valence electrons. The molecule has 0 bridgehead atoms. The van der Waals surface area contributed by atoms with Crippen LogP contribution in [0.4, 0.5) is 23.2 Å². The van der Waals surface area contributed by atoms with Gasteiger partial charge in [0.2, 0.25) is 0 Å². The number of hydrogen-bond acceptors (Lipinski definition) is 3. The highest BCUT2D eigenvalue weighted by atomic mass is 35.5. The molecule has 1 unspecified atom stereocenters. The van der Waals surface area contributed by atoms with Crippen LogP contribution < -0.4 is 14.8 Å². The molecule has 1 aliphatic heterocycles. The van der Waals surface area contributed by atoms with Gasteiger partial charge in [0, 0.05) is 29.2 Å². The summed E-state index contributed by atoms with van der Waals surface area (Å²) in [6, 6.07) is 6.55. The van der Waals surface area contributed by atoms with Crippen LogP contribution in [0.1, 0.15) is 25.0 Å². The lowest BCUT2D eigenvalue weighted by Crippen LogP contribution is -2.28. The Morgan fingerprint density at radius 3 is 2.57 bits per heavy atom. The van der Waals surface area contributed by atoms with Crippen molar-refractivity contribution in [2.45, 2.75) is 37.1 Å². The van der Waals surface area contributed by atoms with E-state index in [-0.39, 0.29) is 22.2 Å². The van der Waals surface area contributed by atoms with E-state index in [9.17, 15) is 21.8 Å². The number of ether oxygens (including phenoxy) is 1. The van der Waals surface area contributed by atoms with Crippen LogP contribution in [0, 0.1) is 5.82 Å². The minimum atomic E-state index is -4.77. The molecular formula is C18H17ClF4N2O2S. The molecule has 10 heteroatoms. The third-order valence-electron chi connectivity index (χ3n) is 4.54. The molecular weight excluding hydrogens is 420 g/mol. The zero-order valence-electron chi connectivity index (χ0n) is 14.9. The van der Waals surface area contributed by atoms with E-state index in [0.29, 0.717) is 23.4 Å². The highest BCUT2D eigenvalue weighted by Crippen LogP contribution is 2.44. The first-order valence-corrected chi connectivity index (χ1v) is 9.76. The summed E-state index contributed by atoms with van der Waals surface area (Å²) >= 11 is 6.19. The number of hydrogen-bond donors (Lipinski definition) is 1. The van der Waals surface area contributed by atoms with E-state index in [4.69, 9.17) is 16.7 Å². The second-order valence-corrected chi connectivity index (χ2v) is 8.58. The van der Waals surface area contributed by atoms with Crippen LogP contribution in [0.5, 0.6) is 5.75 Å². The van der Waals surface area contributed by atoms with E-state index in [1.807, 2.05) is 18.7 Å². The summed E-state index contributed by atoms with van der Waals surface area (Å²) in [5.41, 5.74) is 1.39. The number of nitrogens with zero attached hydrogens (tertiary/aromatic N) is 1. The summed E-state index contributed by atoms with van der Waals surface area (Å²) in [5, 5.41) is 5.43. The van der Waals surface area contributed by atoms with Gasteiger partial charge in [-0.25, -0.2) is 13.7 Å². The van der Waals surface area contributed by atoms with Gasteiger partial charge in [0.15, 0.2) is 0 Å². The van der Waals surface area contributed by atoms with Crippen LogP contribution >= 0.6 is 11.6 Å². The first kappa shape index (κ1) is 20.9. The standard InChI is InChI=1S/C18H17ClF4N2O2S/c1-17(2)9-25(8-10-5-14(20)16(28(24)26)7-13(10)19)15-4-3-11(6-12(15)17)27-18(21,22)23/h3-7H,8-9,24H2,1-2H3. The Kier molecular flexibility index (Phi) is 5.37. The number of fused-ring (bicyclic) bond motifs is 1. The molecule has 0 radical (unpaired) electrons. The molecule has 3 rings (SSSR count). The van der Waals surface area contributed by atoms with Gasteiger partial charge in [0.1, 0.15) is 22.6 Å². The van der Waals surface area contributed by atoms with Crippen LogP contribution in [0.2, 0.25) is 5.02 Å². The van der Waals surface area contributed by atoms with E-state index < -0.39 is 28.6 Å². The SMILES string of the molecule is CC1(C)CN(Cc2cc(F)c(S(N)=O)cc2Cl)c2ccc(OC(F)(F)F)cc21. The number of halogens is 5. The minimum absolute atomic E-state index is 0.190. The first-order valence-electron chi connectivity index (χ1n) is 8.17. The predicted octanol–water partition coefficient (Wildman–Crippen LogP) is 4.66. The summed E-state index contributed by atoms with van der Waals surface area (Å²) in [5.74, 6) is -1.02. The highest BCUT2D eigenvalue weighted by molar-refractivity contribution is 7.82. The molecule has 0 saturated carbocycles. The Balaban J connectivity index is 1.93. The van der Waals surface area contributed by atoms with E-state index in [0.717, 1.165) is 0 Å². The lowest BCUT2D eigenvalue weighted by molar-refractivity contribution is -0.274. The number of nitrogens with two attached hydrogens (primary N) is 1. The maximum Gasteiger partial charge on any atom is 0.573 e. The van der Waals surface area contributed by atoms with Crippen molar-refractivity contribution in [3.63, 3.8) is 0 Å². The van der Waals surface area contributed by atoms with Gasteiger partial charge in [-0.3, -0.25) is 0 Å². The number of anilines is 1. The zero-order chi connectivity index (χ0) is 20.9. The fraction of sp³-hybridized carbons (Fsp3) is 0.333. The van der Waals surface area contributed by atoms with Gasteiger partial charge in [0.05, 0.1) is 4.90 Å². The van der Waals surface area contributed by atoms with Crippen molar-refractivity contribution in [1.29, 1.82) is 0 Å². The third-order valence-corrected chi connectivity index (χ3v) is 5.63. The quantitative estimate of drug-likeness (QED) is 0.709. The van der Waals surface area contributed by atoms with Crippen molar-refractivity contribution in [2.75, 3.05) is 11.4 Å². The average molecular weight is 437 g/mol. The van der Waals surface area contributed by atoms with Gasteiger partial charge >= 0.3 is 6.36 Å². The van der Waals surface area contributed by atoms with Gasteiger partial charge in [-0.05, 0) is 41.5 Å². The van der Waals surface area contributed by atoms with Crippen molar-refractivity contribution < 1.29 is 26.5 Å². The largest absolute Gasteiger partial charge is 0.573 e. The summed E-state index contributed by atoms with van der Waals surface area (Å²) in [6.45, 7) is 4.50. The van der Waals surface area contributed by atoms with Crippen molar-refractivity contribution in [3.05, 3.63) is 52.3 Å². The molecule has 0 spiro atoms. The fourth-order valence-corrected chi connectivity index (χ4v) is 4.14. The Hall–Kier alpha value is -1.84. The van der Waals surface area contributed by atoms with Crippen LogP contribution in [0.3, 0.4) is 0 Å². The van der Waals surface area contributed by atoms with Gasteiger partial charge in [-0.15, -0.1) is 13.2 Å². The van der Waals surface area contributed by atoms with Crippen molar-refractivity contribution in [1.82, 2.24) is 0 Å². The molecule has 0 fully saturated rings. The number of rotatable bonds is 4. The second kappa shape index (κ2) is 7.20. The maximum absolute atomic E-state index is 14.1. The van der Waals surface area contributed by atoms with Crippen LogP contribution in [0.25, 0.3) is 0 Å². The predicted molar refractivity (Wildman–Crippen MR) is 99.2 cm³/mol. The Labute approximate surface area is 166 Å². The van der Waals surface area contributed by atoms with E-state index in [2.05, 4.69) is 4.74 Å². The monoisotopic (exact) mass is 436 g/mol. The molecule has 2 aromatic carbocycles. The van der Waals surface area contributed by atoms with E-state index in [1.165, 1.54) is 24.3 Å². The molecule has 0 aromatic heterocycles. The minimum Gasteiger partial charge on any atom is -0.406 e. The summed E-state index contributed by atoms with van der Waals surface area (Å²) < 4.78 is 67.0. The molecule has 2 aromatic rings. The molecule has 0 aliphatic carbocycles. The Morgan fingerprint density at radius 1 is 1.29 bits per heavy atom. The molecule has 0 saturated heterocycles. The van der Waals surface area contributed by atoms with Crippen LogP contribution in [0.15, 0.2) is 35.2 Å². The third kappa shape index (κ3) is 4.26. The highest BCUT2D eigenvalue weighted by Gasteiger charge is 2.37. The molecule has 4 nitrogen and oxygen atoms in total. The molecule has 1 aliphatic rings. The van der Waals surface area contributed by atoms with Gasteiger partial charge in [-0.2, -0.15) is 0 Å². The van der Waals surface area contributed by atoms with Gasteiger partial charge in [0.25, 0.3) is 0 Å². The van der Waals surface area contributed by atoms with Crippen molar-refractivity contribution in [3.8, 4) is 5.75 Å². The first-order chi connectivity index (χ1) is 12.9. The normalized spacial score (nSPS) is 16.8. The summed E-state index contributed by atoms with van der Waals surface area (Å²) in [6.07, 6.45) is -4.77. The van der Waals surface area contributed by atoms with Crippen molar-refractivity contribution >= 4 is 28.3 Å². The molecule has 1 heterocycles. The van der Waals surface area contributed by atoms with Gasteiger partial charge < -0.3 is 9.64 Å². The smallest absolute Gasteiger partial charge is 0.406 e. The second-order valence-electron chi connectivity index (χ2n) is 7.14. The average Bonchev–Trinajstić information content (AvgIpc) is 2.79. The number of benzene rings is 2. The summed E-state index contributed by atoms with van der Waals surface area (Å²) in [4.78, 5) is 1.71. The van der Waals surface area contributed by atoms with Crippen LogP contribution in [-0.4, -0.2) is 17.1 Å². The van der Waals surface area contributed by atoms with Crippen molar-refractivity contribution in [2.24, 2.45) is 5.14 Å². The van der Waals surface area contributed by atoms with E-state index in [1.54, 1.807) is 6.07 Å². The van der Waals surface area contributed by atoms with Gasteiger partial charge in [-0.1, -0.05) is 25.4 Å². The lowest BCUT2D eigenvalue weighted by atomic mass is 9.87. The lowest BCUT2D eigenvalue weighted by Gasteiger charge is -2.23. The van der Waals surface area contributed by atoms with E-state index >= 15 is 0 Å². The molecule has 1 atom stereocenters. The number of alkyl halides is 3. The fourth-order valence-electron chi connectivity index (χ4n) is 3.37. The molecule has 0 amide bonds. The molecule has 28 heavy (non-hydrogen) atoms. The Morgan fingerprint density at radius 2 is 1.96 bits per heavy atom.